The minimum Gasteiger partial charge on any atom is -0.404 e. The van der Waals surface area contributed by atoms with Crippen molar-refractivity contribution in [3.8, 4) is 5.75 Å². The molecule has 1 aromatic carbocycles. The van der Waals surface area contributed by atoms with Gasteiger partial charge in [0, 0.05) is 12.8 Å². The number of phosphoric acid groups is 1. The molecule has 1 N–H and O–H groups in total. The second kappa shape index (κ2) is 8.18. The molecular formula is C16H22N2O8P+. The molecule has 2 rings (SSSR count). The van der Waals surface area contributed by atoms with Crippen LogP contribution in [0, 0.1) is 0 Å². The molecule has 1 atom stereocenters. The van der Waals surface area contributed by atoms with E-state index in [1.807, 2.05) is 21.1 Å². The Kier molecular flexibility index (Phi) is 6.38. The van der Waals surface area contributed by atoms with Crippen molar-refractivity contribution < 1.29 is 42.2 Å². The van der Waals surface area contributed by atoms with Gasteiger partial charge >= 0.3 is 13.8 Å². The van der Waals surface area contributed by atoms with E-state index in [1.54, 1.807) is 0 Å². The predicted octanol–water partition coefficient (Wildman–Crippen LogP) is 1.11. The largest absolute Gasteiger partial charge is 0.527 e. The zero-order valence-corrected chi connectivity index (χ0v) is 16.2. The van der Waals surface area contributed by atoms with Crippen molar-refractivity contribution in [2.24, 2.45) is 0 Å². The van der Waals surface area contributed by atoms with Crippen LogP contribution in [-0.2, 0) is 23.5 Å². The summed E-state index contributed by atoms with van der Waals surface area (Å²) in [4.78, 5) is 49.4. The fraction of sp³-hybridized carbons (Fsp3) is 0.438. The van der Waals surface area contributed by atoms with Gasteiger partial charge in [-0.1, -0.05) is 0 Å². The lowest BCUT2D eigenvalue weighted by atomic mass is 10.2. The van der Waals surface area contributed by atoms with Crippen LogP contribution in [0.3, 0.4) is 0 Å². The highest BCUT2D eigenvalue weighted by Gasteiger charge is 2.33. The van der Waals surface area contributed by atoms with E-state index in [-0.39, 0.29) is 30.8 Å². The summed E-state index contributed by atoms with van der Waals surface area (Å²) in [6.45, 7) is 0.534. The number of carbonyl (C=O) groups is 3. The number of quaternary nitrogens is 1. The molecule has 1 saturated heterocycles. The van der Waals surface area contributed by atoms with E-state index < -0.39 is 25.6 Å². The molecule has 0 aliphatic carbocycles. The van der Waals surface area contributed by atoms with E-state index in [0.29, 0.717) is 16.1 Å². The molecule has 1 aromatic rings. The van der Waals surface area contributed by atoms with Crippen LogP contribution >= 0.6 is 7.82 Å². The van der Waals surface area contributed by atoms with Gasteiger partial charge in [-0.15, -0.1) is 5.06 Å². The first-order valence-corrected chi connectivity index (χ1v) is 9.62. The van der Waals surface area contributed by atoms with Crippen molar-refractivity contribution in [1.82, 2.24) is 5.06 Å². The third-order valence-corrected chi connectivity index (χ3v) is 4.46. The number of nitrogens with zero attached hydrogens (tertiary/aromatic N) is 2. The van der Waals surface area contributed by atoms with E-state index in [2.05, 4.69) is 0 Å². The fourth-order valence-electron chi connectivity index (χ4n) is 2.03. The highest BCUT2D eigenvalue weighted by Crippen LogP contribution is 2.43. The van der Waals surface area contributed by atoms with E-state index in [1.165, 1.54) is 24.3 Å². The minimum atomic E-state index is -4.30. The topological polar surface area (TPSA) is 119 Å². The SMILES string of the molecule is C[N+](C)(C)CCOP(=O)(O)Oc1ccc(C(=O)ON2C(=O)CCC2=O)cc1. The summed E-state index contributed by atoms with van der Waals surface area (Å²) >= 11 is 0. The Balaban J connectivity index is 1.92. The summed E-state index contributed by atoms with van der Waals surface area (Å²) in [6.07, 6.45) is -0.00244. The van der Waals surface area contributed by atoms with Gasteiger partial charge in [0.25, 0.3) is 11.8 Å². The number of hydrogen-bond acceptors (Lipinski definition) is 7. The van der Waals surface area contributed by atoms with Crippen LogP contribution in [0.1, 0.15) is 23.2 Å². The zero-order valence-electron chi connectivity index (χ0n) is 15.3. The maximum Gasteiger partial charge on any atom is 0.527 e. The highest BCUT2D eigenvalue weighted by molar-refractivity contribution is 7.47. The van der Waals surface area contributed by atoms with Gasteiger partial charge in [-0.3, -0.25) is 19.0 Å². The first kappa shape index (κ1) is 21.0. The summed E-state index contributed by atoms with van der Waals surface area (Å²) in [5.41, 5.74) is 0.0357. The van der Waals surface area contributed by atoms with Crippen LogP contribution in [0.2, 0.25) is 0 Å². The van der Waals surface area contributed by atoms with E-state index in [9.17, 15) is 23.8 Å². The van der Waals surface area contributed by atoms with Gasteiger partial charge in [-0.05, 0) is 24.3 Å². The quantitative estimate of drug-likeness (QED) is 0.391. The summed E-state index contributed by atoms with van der Waals surface area (Å²) < 4.78 is 22.3. The van der Waals surface area contributed by atoms with Crippen LogP contribution in [-0.4, -0.2) is 66.5 Å². The van der Waals surface area contributed by atoms with Crippen molar-refractivity contribution in [2.75, 3.05) is 34.3 Å². The van der Waals surface area contributed by atoms with Gasteiger partial charge in [0.15, 0.2) is 0 Å². The van der Waals surface area contributed by atoms with Crippen molar-refractivity contribution in [3.05, 3.63) is 29.8 Å². The number of carbonyl (C=O) groups excluding carboxylic acids is 3. The molecule has 148 valence electrons. The number of likely N-dealkylation sites (N-methyl/N-ethyl adjacent to an activating group) is 1. The smallest absolute Gasteiger partial charge is 0.404 e. The first-order chi connectivity index (χ1) is 12.5. The van der Waals surface area contributed by atoms with Gasteiger partial charge in [0.1, 0.15) is 18.9 Å². The van der Waals surface area contributed by atoms with Gasteiger partial charge in [0.05, 0.1) is 26.7 Å². The van der Waals surface area contributed by atoms with E-state index >= 15 is 0 Å². The lowest BCUT2D eigenvalue weighted by Crippen LogP contribution is -2.37. The molecule has 0 bridgehead atoms. The molecular weight excluding hydrogens is 379 g/mol. The normalized spacial score (nSPS) is 17.0. The number of benzene rings is 1. The van der Waals surface area contributed by atoms with Crippen molar-refractivity contribution in [1.29, 1.82) is 0 Å². The fourth-order valence-corrected chi connectivity index (χ4v) is 2.79. The van der Waals surface area contributed by atoms with Crippen LogP contribution < -0.4 is 4.52 Å². The van der Waals surface area contributed by atoms with Crippen molar-refractivity contribution >= 4 is 25.6 Å². The molecule has 0 saturated carbocycles. The van der Waals surface area contributed by atoms with Gasteiger partial charge in [-0.25, -0.2) is 9.36 Å². The van der Waals surface area contributed by atoms with Crippen LogP contribution in [0.5, 0.6) is 5.75 Å². The molecule has 2 amide bonds. The Morgan fingerprint density at radius 1 is 1.15 bits per heavy atom. The number of rotatable bonds is 8. The lowest BCUT2D eigenvalue weighted by molar-refractivity contribution is -0.870. The summed E-state index contributed by atoms with van der Waals surface area (Å²) in [5, 5.41) is 0.441. The third kappa shape index (κ3) is 6.44. The summed E-state index contributed by atoms with van der Waals surface area (Å²) in [7, 11) is 1.43. The van der Waals surface area contributed by atoms with Gasteiger partial charge in [-0.2, -0.15) is 0 Å². The molecule has 1 heterocycles. The monoisotopic (exact) mass is 401 g/mol. The lowest BCUT2D eigenvalue weighted by Gasteiger charge is -2.24. The van der Waals surface area contributed by atoms with Crippen LogP contribution in [0.15, 0.2) is 24.3 Å². The number of hydrogen-bond donors (Lipinski definition) is 1. The average Bonchev–Trinajstić information content (AvgIpc) is 2.85. The Labute approximate surface area is 156 Å². The van der Waals surface area contributed by atoms with Gasteiger partial charge in [0.2, 0.25) is 0 Å². The molecule has 0 spiro atoms. The third-order valence-electron chi connectivity index (χ3n) is 3.51. The van der Waals surface area contributed by atoms with Crippen LogP contribution in [0.25, 0.3) is 0 Å². The Morgan fingerprint density at radius 3 is 2.22 bits per heavy atom. The Bertz CT molecular complexity index is 756. The summed E-state index contributed by atoms with van der Waals surface area (Å²) in [6, 6.07) is 5.09. The Hall–Kier alpha value is -2.26. The molecule has 1 fully saturated rings. The maximum atomic E-state index is 12.0. The van der Waals surface area contributed by atoms with Gasteiger partial charge < -0.3 is 13.8 Å². The van der Waals surface area contributed by atoms with E-state index in [0.717, 1.165) is 0 Å². The molecule has 0 aromatic heterocycles. The summed E-state index contributed by atoms with van der Waals surface area (Å²) in [5.74, 6) is -2.06. The second-order valence-corrected chi connectivity index (χ2v) is 8.27. The molecule has 11 heteroatoms. The molecule has 10 nitrogen and oxygen atoms in total. The molecule has 1 aliphatic heterocycles. The number of hydroxylamine groups is 2. The molecule has 1 aliphatic rings. The zero-order chi connectivity index (χ0) is 20.2. The average molecular weight is 401 g/mol. The minimum absolute atomic E-state index is 0.00122. The number of phosphoric ester groups is 1. The van der Waals surface area contributed by atoms with Crippen LogP contribution in [0.4, 0.5) is 0 Å². The molecule has 27 heavy (non-hydrogen) atoms. The standard InChI is InChI=1S/C16H21N2O8P/c1-18(2,3)10-11-24-27(22,23)26-13-6-4-12(5-7-13)16(21)25-17-14(19)8-9-15(17)20/h4-7H,8-11H2,1-3H3/p+1. The van der Waals surface area contributed by atoms with E-state index in [4.69, 9.17) is 13.9 Å². The number of imide groups is 1. The first-order valence-electron chi connectivity index (χ1n) is 8.12. The van der Waals surface area contributed by atoms with Crippen molar-refractivity contribution in [3.63, 3.8) is 0 Å². The number of amides is 2. The second-order valence-electron chi connectivity index (χ2n) is 6.89. The predicted molar refractivity (Wildman–Crippen MR) is 92.2 cm³/mol. The molecule has 0 radical (unpaired) electrons. The van der Waals surface area contributed by atoms with Crippen molar-refractivity contribution in [2.45, 2.75) is 12.8 Å². The highest BCUT2D eigenvalue weighted by atomic mass is 31.2. The Morgan fingerprint density at radius 2 is 1.70 bits per heavy atom. The maximum absolute atomic E-state index is 12.0. The molecule has 1 unspecified atom stereocenters.